The number of hydrogen-bond acceptors (Lipinski definition) is 12. The van der Waals surface area contributed by atoms with Crippen molar-refractivity contribution >= 4 is 69.9 Å². The second kappa shape index (κ2) is 30.6. The Morgan fingerprint density at radius 2 is 1.30 bits per heavy atom. The van der Waals surface area contributed by atoms with Gasteiger partial charge in [0.25, 0.3) is 0 Å². The van der Waals surface area contributed by atoms with E-state index in [1.807, 2.05) is 90.0 Å². The summed E-state index contributed by atoms with van der Waals surface area (Å²) in [6.45, 7) is 19.4. The van der Waals surface area contributed by atoms with Crippen LogP contribution >= 0.6 is 42.1 Å². The number of likely N-dealkylation sites (N-methyl/N-ethyl adjacent to an activating group) is 1. The fraction of sp³-hybridized carbons (Fsp3) is 0.697. The van der Waals surface area contributed by atoms with Gasteiger partial charge in [-0.1, -0.05) is 75.3 Å². The lowest BCUT2D eigenvalue weighted by molar-refractivity contribution is -0.194. The first-order valence-electron chi connectivity index (χ1n) is 30.6. The Hall–Kier alpha value is -2.46. The van der Waals surface area contributed by atoms with Crippen LogP contribution in [0.25, 0.3) is 0 Å². The number of carbonyl (C=O) groups excluding carboxylic acids is 2. The SMILES string of the molecule is CC[C@H]1OC(=O)[C@H](C)[C@@H](COC[C@H]2C[C@@](C)(OC)C[C@H](C)O2)[C@H](C)[C@@H](C[C@@H]2O[C@H](C)C[C@H](N(C)C)[C@H]2O)[C@](C)(O)C[C@@H](C)CN(C(=O)CCCCCCC[P+](c2ccc(Cl)cc2)(c2ccc(Cl)cc2)c2ccc(Cl)cc2)[C@H](C)[C@@H](O)[C@]1(C)O. The van der Waals surface area contributed by atoms with Crippen LogP contribution in [0.4, 0.5) is 0 Å². The molecule has 3 aliphatic heterocycles. The van der Waals surface area contributed by atoms with Crippen molar-refractivity contribution in [2.24, 2.45) is 29.6 Å². The molecule has 3 aliphatic rings. The standard InChI is InChI=1S/C66H101Cl3N2O11P/c1-14-59-66(10,77)62(74)47(7)71(60(72)20-18-16-15-17-19-33-83(52-27-21-48(67)22-28-52,53-29-23-49(68)24-30-53)54-31-25-50(69)26-32-54)39-42(2)36-65(9,76)56(35-58-61(73)57(70(11)12)34-43(3)81-58)45(5)55(46(6)63(75)82-59)41-79-40-51-38-64(8,78-13)37-44(4)80-51/h21-32,42-47,51,55-59,61-62,73-74,76-77H,14-20,33-41H2,1-13H3/q+1/t42-,43-,44+,45+,46-,47-,51-,55+,56-,57+,58+,59-,61-,62-,64+,65-,66-/m1/s1. The summed E-state index contributed by atoms with van der Waals surface area (Å²) in [5.41, 5.74) is -3.77. The summed E-state index contributed by atoms with van der Waals surface area (Å²) in [6.07, 6.45) is 3.38. The molecule has 0 radical (unpaired) electrons. The molecule has 0 spiro atoms. The van der Waals surface area contributed by atoms with Crippen molar-refractivity contribution in [2.45, 2.75) is 218 Å². The van der Waals surface area contributed by atoms with Crippen molar-refractivity contribution in [1.29, 1.82) is 0 Å². The Labute approximate surface area is 513 Å². The number of rotatable bonds is 20. The largest absolute Gasteiger partial charge is 0.459 e. The van der Waals surface area contributed by atoms with E-state index in [4.69, 9.17) is 58.5 Å². The zero-order valence-electron chi connectivity index (χ0n) is 51.9. The van der Waals surface area contributed by atoms with Gasteiger partial charge in [-0.05, 0) is 197 Å². The predicted molar refractivity (Wildman–Crippen MR) is 337 cm³/mol. The van der Waals surface area contributed by atoms with Crippen LogP contribution in [0.15, 0.2) is 72.8 Å². The molecule has 3 saturated heterocycles. The molecule has 17 atom stereocenters. The number of aliphatic hydroxyl groups excluding tert-OH is 2. The van der Waals surface area contributed by atoms with Gasteiger partial charge in [0.2, 0.25) is 5.91 Å². The van der Waals surface area contributed by atoms with Gasteiger partial charge >= 0.3 is 5.97 Å². The summed E-state index contributed by atoms with van der Waals surface area (Å²) in [7, 11) is 3.43. The Morgan fingerprint density at radius 3 is 1.83 bits per heavy atom. The van der Waals surface area contributed by atoms with E-state index in [9.17, 15) is 30.0 Å². The maximum absolute atomic E-state index is 14.8. The molecule has 3 aromatic carbocycles. The average molecular weight is 1240 g/mol. The van der Waals surface area contributed by atoms with Gasteiger partial charge in [0, 0.05) is 54.0 Å². The normalized spacial score (nSPS) is 34.5. The molecule has 17 heteroatoms. The minimum absolute atomic E-state index is 0.0479. The number of benzene rings is 3. The monoisotopic (exact) mass is 1230 g/mol. The smallest absolute Gasteiger partial charge is 0.309 e. The number of aliphatic hydroxyl groups is 4. The molecular weight excluding hydrogens is 1130 g/mol. The zero-order chi connectivity index (χ0) is 61.2. The van der Waals surface area contributed by atoms with Crippen molar-refractivity contribution < 1.29 is 53.7 Å². The molecule has 466 valence electrons. The van der Waals surface area contributed by atoms with Crippen molar-refractivity contribution in [3.05, 3.63) is 87.9 Å². The van der Waals surface area contributed by atoms with Gasteiger partial charge in [0.1, 0.15) is 41.0 Å². The van der Waals surface area contributed by atoms with Crippen LogP contribution in [-0.2, 0) is 33.3 Å². The fourth-order valence-electron chi connectivity index (χ4n) is 14.3. The van der Waals surface area contributed by atoms with Crippen molar-refractivity contribution in [1.82, 2.24) is 9.80 Å². The summed E-state index contributed by atoms with van der Waals surface area (Å²) in [5.74, 6) is -3.36. The van der Waals surface area contributed by atoms with Crippen LogP contribution in [0.2, 0.25) is 15.1 Å². The minimum atomic E-state index is -2.19. The van der Waals surface area contributed by atoms with Crippen LogP contribution < -0.4 is 15.9 Å². The van der Waals surface area contributed by atoms with Gasteiger partial charge in [0.05, 0.1) is 73.1 Å². The number of hydrogen-bond donors (Lipinski definition) is 4. The van der Waals surface area contributed by atoms with E-state index in [2.05, 4.69) is 43.3 Å². The second-order valence-electron chi connectivity index (χ2n) is 26.0. The van der Waals surface area contributed by atoms with Crippen LogP contribution in [0.5, 0.6) is 0 Å². The number of amides is 1. The fourth-order valence-corrected chi connectivity index (χ4v) is 19.0. The Balaban J connectivity index is 1.24. The number of nitrogens with zero attached hydrogens (tertiary/aromatic N) is 2. The second-order valence-corrected chi connectivity index (χ2v) is 30.9. The Bertz CT molecular complexity index is 2380. The lowest BCUT2D eigenvalue weighted by atomic mass is 9.66. The Kier molecular flexibility index (Phi) is 25.7. The first-order chi connectivity index (χ1) is 39.1. The molecule has 3 heterocycles. The number of halogens is 3. The molecule has 3 aromatic rings. The van der Waals surface area contributed by atoms with E-state index < -0.39 is 78.6 Å². The van der Waals surface area contributed by atoms with Crippen molar-refractivity contribution in [2.75, 3.05) is 47.1 Å². The van der Waals surface area contributed by atoms with Gasteiger partial charge in [0.15, 0.2) is 0 Å². The summed E-state index contributed by atoms with van der Waals surface area (Å²) in [4.78, 5) is 33.3. The number of esters is 1. The first kappa shape index (κ1) is 69.6. The predicted octanol–water partition coefficient (Wildman–Crippen LogP) is 11.1. The summed E-state index contributed by atoms with van der Waals surface area (Å²) in [6, 6.07) is 23.5. The van der Waals surface area contributed by atoms with Crippen molar-refractivity contribution in [3.63, 3.8) is 0 Å². The number of cyclic esters (lactones) is 1. The van der Waals surface area contributed by atoms with E-state index in [0.29, 0.717) is 34.3 Å². The molecule has 6 rings (SSSR count). The number of methoxy groups -OCH3 is 1. The lowest BCUT2D eigenvalue weighted by Gasteiger charge is -2.47. The highest BCUT2D eigenvalue weighted by molar-refractivity contribution is 7.95. The number of ether oxygens (including phenoxy) is 5. The van der Waals surface area contributed by atoms with Gasteiger partial charge in [-0.15, -0.1) is 0 Å². The third kappa shape index (κ3) is 17.7. The third-order valence-electron chi connectivity index (χ3n) is 19.0. The summed E-state index contributed by atoms with van der Waals surface area (Å²) in [5, 5.41) is 55.6. The summed E-state index contributed by atoms with van der Waals surface area (Å²) < 4.78 is 31.7. The maximum Gasteiger partial charge on any atom is 0.309 e. The quantitative estimate of drug-likeness (QED) is 0.0481. The molecule has 13 nitrogen and oxygen atoms in total. The Morgan fingerprint density at radius 1 is 0.759 bits per heavy atom. The van der Waals surface area contributed by atoms with Crippen LogP contribution in [0.3, 0.4) is 0 Å². The molecule has 0 bridgehead atoms. The summed E-state index contributed by atoms with van der Waals surface area (Å²) >= 11 is 19.4. The lowest BCUT2D eigenvalue weighted by Crippen LogP contribution is -2.60. The van der Waals surface area contributed by atoms with Gasteiger partial charge in [-0.25, -0.2) is 0 Å². The van der Waals surface area contributed by atoms with E-state index in [0.717, 1.165) is 38.3 Å². The molecule has 0 aliphatic carbocycles. The number of carbonyl (C=O) groups is 2. The van der Waals surface area contributed by atoms with E-state index >= 15 is 0 Å². The molecule has 83 heavy (non-hydrogen) atoms. The van der Waals surface area contributed by atoms with Gasteiger partial charge in [-0.3, -0.25) is 9.59 Å². The highest BCUT2D eigenvalue weighted by atomic mass is 35.5. The van der Waals surface area contributed by atoms with Gasteiger partial charge < -0.3 is 53.9 Å². The molecule has 1 amide bonds. The molecule has 4 N–H and O–H groups in total. The third-order valence-corrected chi connectivity index (χ3v) is 24.3. The van der Waals surface area contributed by atoms with Crippen LogP contribution in [0.1, 0.15) is 146 Å². The molecular formula is C66H101Cl3N2O11P+. The minimum Gasteiger partial charge on any atom is -0.459 e. The molecule has 0 saturated carbocycles. The first-order valence-corrected chi connectivity index (χ1v) is 33.8. The van der Waals surface area contributed by atoms with Crippen molar-refractivity contribution in [3.8, 4) is 0 Å². The zero-order valence-corrected chi connectivity index (χ0v) is 55.1. The molecule has 0 unspecified atom stereocenters. The van der Waals surface area contributed by atoms with Crippen LogP contribution in [0, 0.1) is 29.6 Å². The molecule has 0 aromatic heterocycles. The average Bonchev–Trinajstić information content (AvgIpc) is 3.54. The maximum atomic E-state index is 14.8. The van der Waals surface area contributed by atoms with Crippen LogP contribution in [-0.4, -0.2) is 161 Å². The highest BCUT2D eigenvalue weighted by Crippen LogP contribution is 2.56. The van der Waals surface area contributed by atoms with E-state index in [-0.39, 0.29) is 87.2 Å². The topological polar surface area (TPSA) is 168 Å². The van der Waals surface area contributed by atoms with Gasteiger partial charge in [-0.2, -0.15) is 0 Å². The van der Waals surface area contributed by atoms with E-state index in [1.165, 1.54) is 22.8 Å². The highest BCUT2D eigenvalue weighted by Gasteiger charge is 2.51. The molecule has 3 fully saturated rings. The number of unbranched alkanes of at least 4 members (excludes halogenated alkanes) is 4. The van der Waals surface area contributed by atoms with E-state index in [1.54, 1.807) is 32.8 Å².